The molecule has 1 aliphatic carbocycles. The first kappa shape index (κ1) is 11.5. The van der Waals surface area contributed by atoms with Gasteiger partial charge in [-0.1, -0.05) is 20.3 Å². The quantitative estimate of drug-likeness (QED) is 0.796. The highest BCUT2D eigenvalue weighted by Crippen LogP contribution is 2.37. The molecule has 1 aromatic rings. The molecule has 3 nitrogen and oxygen atoms in total. The molecule has 90 valence electrons. The van der Waals surface area contributed by atoms with Crippen LogP contribution in [0.15, 0.2) is 6.20 Å². The smallest absolute Gasteiger partial charge is 0.203 e. The van der Waals surface area contributed by atoms with Crippen molar-refractivity contribution in [3.63, 3.8) is 0 Å². The number of rotatable bonds is 6. The molecule has 3 heteroatoms. The summed E-state index contributed by atoms with van der Waals surface area (Å²) in [4.78, 5) is 4.59. The minimum Gasteiger partial charge on any atom is -0.353 e. The van der Waals surface area contributed by atoms with Gasteiger partial charge in [-0.25, -0.2) is 4.98 Å². The van der Waals surface area contributed by atoms with E-state index in [0.717, 1.165) is 11.6 Å². The first-order valence-corrected chi connectivity index (χ1v) is 6.56. The summed E-state index contributed by atoms with van der Waals surface area (Å²) in [5.41, 5.74) is 1.13. The van der Waals surface area contributed by atoms with Crippen LogP contribution >= 0.6 is 0 Å². The second kappa shape index (κ2) is 4.89. The van der Waals surface area contributed by atoms with E-state index >= 15 is 0 Å². The molecule has 1 saturated carbocycles. The summed E-state index contributed by atoms with van der Waals surface area (Å²) in [6.07, 6.45) is 8.44. The molecule has 0 saturated heterocycles. The van der Waals surface area contributed by atoms with Gasteiger partial charge >= 0.3 is 0 Å². The van der Waals surface area contributed by atoms with E-state index in [4.69, 9.17) is 0 Å². The van der Waals surface area contributed by atoms with Crippen molar-refractivity contribution in [2.75, 3.05) is 5.32 Å². The minimum absolute atomic E-state index is 0.573. The van der Waals surface area contributed by atoms with Gasteiger partial charge in [-0.3, -0.25) is 0 Å². The van der Waals surface area contributed by atoms with E-state index in [2.05, 4.69) is 41.8 Å². The molecule has 0 bridgehead atoms. The zero-order valence-electron chi connectivity index (χ0n) is 10.7. The third-order valence-corrected chi connectivity index (χ3v) is 3.26. The van der Waals surface area contributed by atoms with Crippen molar-refractivity contribution in [1.82, 2.24) is 9.55 Å². The largest absolute Gasteiger partial charge is 0.353 e. The fourth-order valence-corrected chi connectivity index (χ4v) is 2.16. The van der Waals surface area contributed by atoms with Gasteiger partial charge < -0.3 is 9.88 Å². The van der Waals surface area contributed by atoms with Crippen LogP contribution in [0, 0.1) is 6.92 Å². The highest BCUT2D eigenvalue weighted by Gasteiger charge is 2.26. The first-order valence-electron chi connectivity index (χ1n) is 6.56. The zero-order valence-corrected chi connectivity index (χ0v) is 10.7. The van der Waals surface area contributed by atoms with Crippen molar-refractivity contribution in [2.45, 2.75) is 65.0 Å². The minimum atomic E-state index is 0.573. The molecule has 1 fully saturated rings. The van der Waals surface area contributed by atoms with Crippen LogP contribution < -0.4 is 5.32 Å². The summed E-state index contributed by atoms with van der Waals surface area (Å²) in [5, 5.41) is 3.59. The molecule has 0 radical (unpaired) electrons. The van der Waals surface area contributed by atoms with Crippen molar-refractivity contribution in [1.29, 1.82) is 0 Å². The molecule has 1 heterocycles. The number of anilines is 1. The van der Waals surface area contributed by atoms with Crippen molar-refractivity contribution in [2.24, 2.45) is 0 Å². The number of aromatic nitrogens is 2. The van der Waals surface area contributed by atoms with Gasteiger partial charge in [-0.2, -0.15) is 0 Å². The van der Waals surface area contributed by atoms with E-state index in [-0.39, 0.29) is 0 Å². The van der Waals surface area contributed by atoms with Crippen LogP contribution in [-0.4, -0.2) is 15.6 Å². The van der Waals surface area contributed by atoms with Gasteiger partial charge in [0.1, 0.15) is 0 Å². The fraction of sp³-hybridized carbons (Fsp3) is 0.769. The molecule has 1 aromatic heterocycles. The second-order valence-electron chi connectivity index (χ2n) is 4.88. The third-order valence-electron chi connectivity index (χ3n) is 3.26. The summed E-state index contributed by atoms with van der Waals surface area (Å²) in [6.45, 7) is 6.55. The van der Waals surface area contributed by atoms with Gasteiger partial charge in [-0.05, 0) is 32.6 Å². The van der Waals surface area contributed by atoms with Crippen LogP contribution in [0.5, 0.6) is 0 Å². The molecule has 2 rings (SSSR count). The number of imidazole rings is 1. The van der Waals surface area contributed by atoms with Crippen LogP contribution in [0.1, 0.15) is 57.7 Å². The van der Waals surface area contributed by atoms with Crippen molar-refractivity contribution in [3.8, 4) is 0 Å². The first-order chi connectivity index (χ1) is 7.74. The molecule has 0 aromatic carbocycles. The Labute approximate surface area is 98.3 Å². The number of aryl methyl sites for hydroxylation is 1. The summed E-state index contributed by atoms with van der Waals surface area (Å²) in [7, 11) is 0. The van der Waals surface area contributed by atoms with Gasteiger partial charge in [0.2, 0.25) is 5.95 Å². The van der Waals surface area contributed by atoms with Gasteiger partial charge in [0, 0.05) is 18.3 Å². The predicted octanol–water partition coefficient (Wildman–Crippen LogP) is 3.52. The van der Waals surface area contributed by atoms with Crippen LogP contribution in [0.4, 0.5) is 5.95 Å². The van der Waals surface area contributed by atoms with Gasteiger partial charge in [0.05, 0.1) is 5.69 Å². The Hall–Kier alpha value is -0.990. The predicted molar refractivity (Wildman–Crippen MR) is 67.8 cm³/mol. The van der Waals surface area contributed by atoms with Crippen LogP contribution in [-0.2, 0) is 0 Å². The zero-order chi connectivity index (χ0) is 11.5. The Morgan fingerprint density at radius 2 is 2.25 bits per heavy atom. The van der Waals surface area contributed by atoms with Crippen LogP contribution in [0.3, 0.4) is 0 Å². The van der Waals surface area contributed by atoms with Crippen molar-refractivity contribution in [3.05, 3.63) is 11.9 Å². The van der Waals surface area contributed by atoms with Gasteiger partial charge in [0.15, 0.2) is 0 Å². The Morgan fingerprint density at radius 3 is 2.81 bits per heavy atom. The molecule has 1 atom stereocenters. The molecule has 16 heavy (non-hydrogen) atoms. The SMILES string of the molecule is CCCC(CC)Nc1nc(C)cn1C1CC1. The highest BCUT2D eigenvalue weighted by atomic mass is 15.2. The van der Waals surface area contributed by atoms with E-state index < -0.39 is 0 Å². The van der Waals surface area contributed by atoms with Gasteiger partial charge in [-0.15, -0.1) is 0 Å². The van der Waals surface area contributed by atoms with E-state index in [9.17, 15) is 0 Å². The second-order valence-corrected chi connectivity index (χ2v) is 4.88. The lowest BCUT2D eigenvalue weighted by molar-refractivity contribution is 0.607. The number of hydrogen-bond acceptors (Lipinski definition) is 2. The van der Waals surface area contributed by atoms with Crippen molar-refractivity contribution >= 4 is 5.95 Å². The molecule has 1 aliphatic rings. The Balaban J connectivity index is 2.06. The Bertz CT molecular complexity index is 339. The lowest BCUT2D eigenvalue weighted by Crippen LogP contribution is -2.20. The lowest BCUT2D eigenvalue weighted by Gasteiger charge is -2.17. The van der Waals surface area contributed by atoms with E-state index in [1.54, 1.807) is 0 Å². The van der Waals surface area contributed by atoms with Gasteiger partial charge in [0.25, 0.3) is 0 Å². The summed E-state index contributed by atoms with van der Waals surface area (Å²) < 4.78 is 2.33. The maximum atomic E-state index is 4.59. The maximum absolute atomic E-state index is 4.59. The molecular weight excluding hydrogens is 198 g/mol. The highest BCUT2D eigenvalue weighted by molar-refractivity contribution is 5.31. The third kappa shape index (κ3) is 2.57. The topological polar surface area (TPSA) is 29.9 Å². The molecule has 1 unspecified atom stereocenters. The van der Waals surface area contributed by atoms with E-state index in [0.29, 0.717) is 12.1 Å². The Kier molecular flexibility index (Phi) is 3.52. The van der Waals surface area contributed by atoms with Crippen molar-refractivity contribution < 1.29 is 0 Å². The summed E-state index contributed by atoms with van der Waals surface area (Å²) in [5.74, 6) is 1.08. The summed E-state index contributed by atoms with van der Waals surface area (Å²) >= 11 is 0. The molecular formula is C13H23N3. The average Bonchev–Trinajstić information content (AvgIpc) is 3.03. The number of nitrogens with one attached hydrogen (secondary N) is 1. The molecule has 1 N–H and O–H groups in total. The van der Waals surface area contributed by atoms with Crippen LogP contribution in [0.25, 0.3) is 0 Å². The standard InChI is InChI=1S/C13H23N3/c1-4-6-11(5-2)15-13-14-10(3)9-16(13)12-7-8-12/h9,11-12H,4-8H2,1-3H3,(H,14,15). The maximum Gasteiger partial charge on any atom is 0.203 e. The molecule has 0 amide bonds. The van der Waals surface area contributed by atoms with Crippen LogP contribution in [0.2, 0.25) is 0 Å². The van der Waals surface area contributed by atoms with E-state index in [1.807, 2.05) is 0 Å². The molecule has 0 spiro atoms. The Morgan fingerprint density at radius 1 is 1.50 bits per heavy atom. The summed E-state index contributed by atoms with van der Waals surface area (Å²) in [6, 6.07) is 1.28. The normalized spacial score (nSPS) is 17.4. The lowest BCUT2D eigenvalue weighted by atomic mass is 10.1. The molecule has 0 aliphatic heterocycles. The number of nitrogens with zero attached hydrogens (tertiary/aromatic N) is 2. The average molecular weight is 221 g/mol. The fourth-order valence-electron chi connectivity index (χ4n) is 2.16. The van der Waals surface area contributed by atoms with E-state index in [1.165, 1.54) is 32.1 Å². The number of hydrogen-bond donors (Lipinski definition) is 1. The monoisotopic (exact) mass is 221 g/mol.